The van der Waals surface area contributed by atoms with Crippen molar-refractivity contribution in [2.45, 2.75) is 13.1 Å². The number of quaternary nitrogens is 2. The Morgan fingerprint density at radius 3 is 2.26 bits per heavy atom. The zero-order valence-corrected chi connectivity index (χ0v) is 15.4. The SMILES string of the molecule is COc1ccc(F)cc1C[NH+]1CC[NH+](Cc2cc3c(cc2O)OCO3)CC1. The van der Waals surface area contributed by atoms with Gasteiger partial charge in [-0.25, -0.2) is 4.39 Å². The van der Waals surface area contributed by atoms with Gasteiger partial charge in [0.25, 0.3) is 0 Å². The number of hydrogen-bond acceptors (Lipinski definition) is 4. The van der Waals surface area contributed by atoms with E-state index in [1.807, 2.05) is 6.07 Å². The second-order valence-corrected chi connectivity index (χ2v) is 7.14. The molecular formula is C20H25FN2O4+2. The fourth-order valence-corrected chi connectivity index (χ4v) is 3.85. The molecule has 2 aliphatic heterocycles. The predicted molar refractivity (Wildman–Crippen MR) is 96.0 cm³/mol. The molecule has 0 atom stereocenters. The van der Waals surface area contributed by atoms with Crippen LogP contribution in [-0.2, 0) is 13.1 Å². The number of ether oxygens (including phenoxy) is 3. The number of phenolic OH excluding ortho intramolecular Hbond substituents is 1. The van der Waals surface area contributed by atoms with Crippen molar-refractivity contribution in [3.63, 3.8) is 0 Å². The topological polar surface area (TPSA) is 56.8 Å². The molecule has 0 aromatic heterocycles. The van der Waals surface area contributed by atoms with Crippen LogP contribution in [0.4, 0.5) is 4.39 Å². The van der Waals surface area contributed by atoms with Gasteiger partial charge in [0.05, 0.1) is 18.2 Å². The van der Waals surface area contributed by atoms with Gasteiger partial charge in [0.1, 0.15) is 56.6 Å². The van der Waals surface area contributed by atoms with E-state index in [2.05, 4.69) is 0 Å². The molecule has 2 aromatic rings. The van der Waals surface area contributed by atoms with Crippen molar-refractivity contribution < 1.29 is 33.5 Å². The van der Waals surface area contributed by atoms with Gasteiger partial charge in [0.15, 0.2) is 11.5 Å². The zero-order chi connectivity index (χ0) is 18.8. The molecule has 0 unspecified atom stereocenters. The number of hydrogen-bond donors (Lipinski definition) is 3. The number of aromatic hydroxyl groups is 1. The maximum atomic E-state index is 13.6. The maximum Gasteiger partial charge on any atom is 0.231 e. The number of benzene rings is 2. The standard InChI is InChI=1S/C20H23FN2O4/c1-25-18-3-2-16(21)8-15(18)12-23-6-4-22(5-7-23)11-14-9-19-20(10-17(14)24)27-13-26-19/h2-3,8-10,24H,4-7,11-13H2,1H3/p+2. The molecule has 1 fully saturated rings. The summed E-state index contributed by atoms with van der Waals surface area (Å²) in [5.41, 5.74) is 1.79. The van der Waals surface area contributed by atoms with E-state index in [1.165, 1.54) is 15.9 Å². The normalized spacial score (nSPS) is 21.3. The van der Waals surface area contributed by atoms with Gasteiger partial charge in [-0.05, 0) is 24.3 Å². The van der Waals surface area contributed by atoms with Gasteiger partial charge >= 0.3 is 0 Å². The van der Waals surface area contributed by atoms with Crippen molar-refractivity contribution in [2.75, 3.05) is 40.1 Å². The highest BCUT2D eigenvalue weighted by Gasteiger charge is 2.26. The van der Waals surface area contributed by atoms with E-state index in [0.717, 1.165) is 56.1 Å². The molecule has 3 N–H and O–H groups in total. The van der Waals surface area contributed by atoms with Crippen LogP contribution >= 0.6 is 0 Å². The summed E-state index contributed by atoms with van der Waals surface area (Å²) in [6.45, 7) is 5.65. The number of rotatable bonds is 5. The molecule has 2 aromatic carbocycles. The lowest BCUT2D eigenvalue weighted by atomic mass is 10.1. The molecule has 1 saturated heterocycles. The molecule has 7 heteroatoms. The first-order valence-electron chi connectivity index (χ1n) is 9.23. The molecule has 0 amide bonds. The van der Waals surface area contributed by atoms with E-state index in [1.54, 1.807) is 25.3 Å². The van der Waals surface area contributed by atoms with Crippen molar-refractivity contribution >= 4 is 0 Å². The quantitative estimate of drug-likeness (QED) is 0.674. The number of nitrogens with one attached hydrogen (secondary N) is 2. The number of phenols is 1. The van der Waals surface area contributed by atoms with Gasteiger partial charge in [-0.2, -0.15) is 0 Å². The van der Waals surface area contributed by atoms with Crippen LogP contribution in [0.1, 0.15) is 11.1 Å². The van der Waals surface area contributed by atoms with Gasteiger partial charge < -0.3 is 29.1 Å². The third-order valence-electron chi connectivity index (χ3n) is 5.36. The molecule has 0 spiro atoms. The van der Waals surface area contributed by atoms with E-state index >= 15 is 0 Å². The van der Waals surface area contributed by atoms with Crippen LogP contribution in [0.15, 0.2) is 30.3 Å². The van der Waals surface area contributed by atoms with Crippen LogP contribution < -0.4 is 24.0 Å². The Bertz CT molecular complexity index is 822. The average molecular weight is 376 g/mol. The molecule has 0 saturated carbocycles. The predicted octanol–water partition coefficient (Wildman–Crippen LogP) is -0.248. The molecule has 144 valence electrons. The van der Waals surface area contributed by atoms with Crippen molar-refractivity contribution in [2.24, 2.45) is 0 Å². The monoisotopic (exact) mass is 376 g/mol. The summed E-state index contributed by atoms with van der Waals surface area (Å²) in [4.78, 5) is 2.83. The second kappa shape index (κ2) is 7.62. The van der Waals surface area contributed by atoms with Gasteiger partial charge in [-0.15, -0.1) is 0 Å². The smallest absolute Gasteiger partial charge is 0.231 e. The lowest BCUT2D eigenvalue weighted by Crippen LogP contribution is -3.27. The summed E-state index contributed by atoms with van der Waals surface area (Å²) in [6.07, 6.45) is 0. The van der Waals surface area contributed by atoms with E-state index in [0.29, 0.717) is 11.5 Å². The Kier molecular flexibility index (Phi) is 5.05. The number of piperazine rings is 1. The molecule has 0 radical (unpaired) electrons. The van der Waals surface area contributed by atoms with Crippen LogP contribution in [0.3, 0.4) is 0 Å². The summed E-state index contributed by atoms with van der Waals surface area (Å²) in [5, 5.41) is 10.2. The number of methoxy groups -OCH3 is 1. The maximum absolute atomic E-state index is 13.6. The van der Waals surface area contributed by atoms with Crippen LogP contribution in [0.2, 0.25) is 0 Å². The van der Waals surface area contributed by atoms with E-state index in [9.17, 15) is 9.50 Å². The lowest BCUT2D eigenvalue weighted by Gasteiger charge is -2.30. The average Bonchev–Trinajstić information content (AvgIpc) is 3.11. The third kappa shape index (κ3) is 3.94. The van der Waals surface area contributed by atoms with E-state index in [4.69, 9.17) is 14.2 Å². The second-order valence-electron chi connectivity index (χ2n) is 7.14. The summed E-state index contributed by atoms with van der Waals surface area (Å²) in [5.74, 6) is 2.07. The molecule has 4 rings (SSSR count). The number of fused-ring (bicyclic) bond motifs is 1. The summed E-state index contributed by atoms with van der Waals surface area (Å²) < 4.78 is 29.6. The van der Waals surface area contributed by atoms with Crippen LogP contribution in [0.5, 0.6) is 23.0 Å². The number of halogens is 1. The van der Waals surface area contributed by atoms with Crippen LogP contribution in [0, 0.1) is 5.82 Å². The van der Waals surface area contributed by atoms with Crippen molar-refractivity contribution in [3.8, 4) is 23.0 Å². The minimum absolute atomic E-state index is 0.205. The Labute approximate surface area is 157 Å². The first-order chi connectivity index (χ1) is 13.1. The Hall–Kier alpha value is -2.51. The van der Waals surface area contributed by atoms with Gasteiger partial charge in [-0.1, -0.05) is 0 Å². The Balaban J connectivity index is 1.35. The van der Waals surface area contributed by atoms with E-state index in [-0.39, 0.29) is 18.4 Å². The van der Waals surface area contributed by atoms with E-state index < -0.39 is 0 Å². The Morgan fingerprint density at radius 2 is 1.59 bits per heavy atom. The molecule has 0 aliphatic carbocycles. The van der Waals surface area contributed by atoms with Crippen LogP contribution in [-0.4, -0.2) is 45.2 Å². The van der Waals surface area contributed by atoms with Crippen molar-refractivity contribution in [3.05, 3.63) is 47.3 Å². The third-order valence-corrected chi connectivity index (χ3v) is 5.36. The minimum atomic E-state index is -0.229. The van der Waals surface area contributed by atoms with Gasteiger partial charge in [-0.3, -0.25) is 0 Å². The highest BCUT2D eigenvalue weighted by atomic mass is 19.1. The molecular weight excluding hydrogens is 351 g/mol. The molecule has 0 bridgehead atoms. The van der Waals surface area contributed by atoms with Crippen molar-refractivity contribution in [1.29, 1.82) is 0 Å². The molecule has 2 heterocycles. The van der Waals surface area contributed by atoms with Crippen LogP contribution in [0.25, 0.3) is 0 Å². The first kappa shape index (κ1) is 17.9. The molecule has 6 nitrogen and oxygen atoms in total. The fourth-order valence-electron chi connectivity index (χ4n) is 3.85. The van der Waals surface area contributed by atoms with Gasteiger partial charge in [0, 0.05) is 6.07 Å². The summed E-state index contributed by atoms with van der Waals surface area (Å²) in [6, 6.07) is 8.19. The summed E-state index contributed by atoms with van der Waals surface area (Å²) >= 11 is 0. The fraction of sp³-hybridized carbons (Fsp3) is 0.400. The first-order valence-corrected chi connectivity index (χ1v) is 9.23. The zero-order valence-electron chi connectivity index (χ0n) is 15.4. The molecule has 27 heavy (non-hydrogen) atoms. The molecule has 2 aliphatic rings. The minimum Gasteiger partial charge on any atom is -0.507 e. The van der Waals surface area contributed by atoms with Crippen molar-refractivity contribution in [1.82, 2.24) is 0 Å². The Morgan fingerprint density at radius 1 is 0.963 bits per heavy atom. The highest BCUT2D eigenvalue weighted by molar-refractivity contribution is 5.50. The largest absolute Gasteiger partial charge is 0.507 e. The summed E-state index contributed by atoms with van der Waals surface area (Å²) in [7, 11) is 1.62. The lowest BCUT2D eigenvalue weighted by molar-refractivity contribution is -1.02. The van der Waals surface area contributed by atoms with Gasteiger partial charge in [0.2, 0.25) is 6.79 Å². The highest BCUT2D eigenvalue weighted by Crippen LogP contribution is 2.37.